The highest BCUT2D eigenvalue weighted by Gasteiger charge is 2.15. The molecule has 0 amide bonds. The van der Waals surface area contributed by atoms with Crippen molar-refractivity contribution in [3.8, 4) is 0 Å². The van der Waals surface area contributed by atoms with Crippen LogP contribution in [0.5, 0.6) is 0 Å². The Labute approximate surface area is 69.8 Å². The molecule has 0 spiro atoms. The lowest BCUT2D eigenvalue weighted by Crippen LogP contribution is -2.24. The molecule has 1 heterocycles. The van der Waals surface area contributed by atoms with Crippen molar-refractivity contribution in [1.29, 1.82) is 0 Å². The normalized spacial score (nSPS) is 11.3. The van der Waals surface area contributed by atoms with E-state index in [1.165, 1.54) is 6.08 Å². The predicted octanol–water partition coefficient (Wildman–Crippen LogP) is -0.731. The van der Waals surface area contributed by atoms with E-state index in [2.05, 4.69) is 26.5 Å². The Morgan fingerprint density at radius 3 is 3.00 bits per heavy atom. The van der Waals surface area contributed by atoms with Gasteiger partial charge in [0.1, 0.15) is 6.33 Å². The predicted molar refractivity (Wildman–Crippen MR) is 41.8 cm³/mol. The van der Waals surface area contributed by atoms with Gasteiger partial charge in [-0.25, -0.2) is 23.2 Å². The summed E-state index contributed by atoms with van der Waals surface area (Å²) in [4.78, 5) is 3.49. The van der Waals surface area contributed by atoms with Gasteiger partial charge in [-0.2, -0.15) is 5.10 Å². The van der Waals surface area contributed by atoms with E-state index in [1.807, 2.05) is 0 Å². The number of nitrogens with zero attached hydrogens (tertiary/aromatic N) is 2. The molecule has 0 fully saturated rings. The van der Waals surface area contributed by atoms with Gasteiger partial charge in [0, 0.05) is 6.54 Å². The van der Waals surface area contributed by atoms with Crippen LogP contribution in [-0.2, 0) is 10.0 Å². The zero-order valence-electron chi connectivity index (χ0n) is 6.19. The largest absolute Gasteiger partial charge is 0.276 e. The van der Waals surface area contributed by atoms with Crippen LogP contribution in [0.25, 0.3) is 0 Å². The Kier molecular flexibility index (Phi) is 2.56. The molecule has 1 aromatic heterocycles. The summed E-state index contributed by atoms with van der Waals surface area (Å²) in [7, 11) is -3.53. The van der Waals surface area contributed by atoms with Gasteiger partial charge in [0.2, 0.25) is 0 Å². The lowest BCUT2D eigenvalue weighted by molar-refractivity contribution is 0.577. The van der Waals surface area contributed by atoms with E-state index in [0.717, 1.165) is 6.33 Å². The quantitative estimate of drug-likeness (QED) is 0.610. The Morgan fingerprint density at radius 1 is 1.75 bits per heavy atom. The standard InChI is InChI=1S/C5H8N4O2S/c1-2-3-8-12(10,11)5-6-4-7-9-5/h2,4,8H,1,3H2,(H,6,7,9). The molecular weight excluding hydrogens is 180 g/mol. The van der Waals surface area contributed by atoms with Crippen LogP contribution in [0.2, 0.25) is 0 Å². The highest BCUT2D eigenvalue weighted by molar-refractivity contribution is 7.89. The fourth-order valence-corrected chi connectivity index (χ4v) is 1.39. The fourth-order valence-electron chi connectivity index (χ4n) is 0.561. The van der Waals surface area contributed by atoms with E-state index >= 15 is 0 Å². The molecule has 7 heteroatoms. The van der Waals surface area contributed by atoms with Gasteiger partial charge < -0.3 is 0 Å². The monoisotopic (exact) mass is 188 g/mol. The molecule has 2 N–H and O–H groups in total. The fraction of sp³-hybridized carbons (Fsp3) is 0.200. The first-order chi connectivity index (χ1) is 5.67. The Balaban J connectivity index is 2.80. The van der Waals surface area contributed by atoms with E-state index in [4.69, 9.17) is 0 Å². The van der Waals surface area contributed by atoms with Crippen molar-refractivity contribution in [3.63, 3.8) is 0 Å². The molecule has 0 aliphatic carbocycles. The van der Waals surface area contributed by atoms with Crippen molar-refractivity contribution < 1.29 is 8.42 Å². The zero-order chi connectivity index (χ0) is 9.03. The highest BCUT2D eigenvalue weighted by atomic mass is 32.2. The summed E-state index contributed by atoms with van der Waals surface area (Å²) in [5, 5.41) is 5.47. The minimum Gasteiger partial charge on any atom is -0.249 e. The molecule has 0 atom stereocenters. The summed E-state index contributed by atoms with van der Waals surface area (Å²) in [6.45, 7) is 3.54. The molecule has 66 valence electrons. The third-order valence-corrected chi connectivity index (χ3v) is 2.32. The number of H-pyrrole nitrogens is 1. The van der Waals surface area contributed by atoms with Crippen LogP contribution in [0.4, 0.5) is 0 Å². The maximum Gasteiger partial charge on any atom is 0.276 e. The SMILES string of the molecule is C=CCNS(=O)(=O)c1ncn[nH]1. The molecule has 0 saturated heterocycles. The van der Waals surface area contributed by atoms with Gasteiger partial charge in [0.05, 0.1) is 0 Å². The average molecular weight is 188 g/mol. The van der Waals surface area contributed by atoms with Crippen molar-refractivity contribution in [2.75, 3.05) is 6.54 Å². The number of aromatic nitrogens is 3. The number of hydrogen-bond acceptors (Lipinski definition) is 4. The second-order valence-electron chi connectivity index (χ2n) is 1.93. The second kappa shape index (κ2) is 3.46. The van der Waals surface area contributed by atoms with E-state index in [9.17, 15) is 8.42 Å². The lowest BCUT2D eigenvalue weighted by atomic mass is 10.7. The molecule has 6 nitrogen and oxygen atoms in total. The topological polar surface area (TPSA) is 87.7 Å². The maximum atomic E-state index is 11.2. The molecule has 12 heavy (non-hydrogen) atoms. The van der Waals surface area contributed by atoms with Crippen LogP contribution in [0.1, 0.15) is 0 Å². The molecule has 1 rings (SSSR count). The highest BCUT2D eigenvalue weighted by Crippen LogP contribution is 1.96. The molecule has 1 aromatic rings. The van der Waals surface area contributed by atoms with Crippen LogP contribution in [-0.4, -0.2) is 30.1 Å². The second-order valence-corrected chi connectivity index (χ2v) is 3.61. The Morgan fingerprint density at radius 2 is 2.50 bits per heavy atom. The van der Waals surface area contributed by atoms with Gasteiger partial charge in [-0.15, -0.1) is 6.58 Å². The summed E-state index contributed by atoms with van der Waals surface area (Å²) in [6.07, 6.45) is 2.57. The zero-order valence-corrected chi connectivity index (χ0v) is 7.00. The van der Waals surface area contributed by atoms with Crippen LogP contribution < -0.4 is 4.72 Å². The average Bonchev–Trinajstić information content (AvgIpc) is 2.53. The number of rotatable bonds is 4. The molecule has 0 aromatic carbocycles. The first-order valence-corrected chi connectivity index (χ1v) is 4.61. The number of hydrogen-bond donors (Lipinski definition) is 2. The van der Waals surface area contributed by atoms with Crippen molar-refractivity contribution in [2.24, 2.45) is 0 Å². The van der Waals surface area contributed by atoms with Crippen LogP contribution in [0.3, 0.4) is 0 Å². The molecular formula is C5H8N4O2S. The van der Waals surface area contributed by atoms with Crippen molar-refractivity contribution in [3.05, 3.63) is 19.0 Å². The summed E-state index contributed by atoms with van der Waals surface area (Å²) in [5.41, 5.74) is 0. The first kappa shape index (κ1) is 8.88. The number of sulfonamides is 1. The first-order valence-electron chi connectivity index (χ1n) is 3.13. The van der Waals surface area contributed by atoms with Crippen molar-refractivity contribution >= 4 is 10.0 Å². The van der Waals surface area contributed by atoms with E-state index in [-0.39, 0.29) is 11.7 Å². The summed E-state index contributed by atoms with van der Waals surface area (Å²) in [6, 6.07) is 0. The van der Waals surface area contributed by atoms with Gasteiger partial charge in [-0.05, 0) is 0 Å². The maximum absolute atomic E-state index is 11.2. The van der Waals surface area contributed by atoms with Gasteiger partial charge in [0.25, 0.3) is 15.2 Å². The lowest BCUT2D eigenvalue weighted by Gasteiger charge is -1.98. The summed E-state index contributed by atoms with van der Waals surface area (Å²) < 4.78 is 24.6. The summed E-state index contributed by atoms with van der Waals surface area (Å²) in [5.74, 6) is 0. The van der Waals surface area contributed by atoms with E-state index in [0.29, 0.717) is 0 Å². The van der Waals surface area contributed by atoms with E-state index < -0.39 is 10.0 Å². The van der Waals surface area contributed by atoms with Crippen molar-refractivity contribution in [2.45, 2.75) is 5.16 Å². The van der Waals surface area contributed by atoms with Gasteiger partial charge in [-0.3, -0.25) is 0 Å². The Hall–Kier alpha value is -1.21. The van der Waals surface area contributed by atoms with Gasteiger partial charge >= 0.3 is 0 Å². The minimum absolute atomic E-state index is 0.170. The number of aromatic amines is 1. The van der Waals surface area contributed by atoms with Crippen LogP contribution in [0.15, 0.2) is 24.1 Å². The molecule has 0 bridgehead atoms. The molecule has 0 aliphatic rings. The van der Waals surface area contributed by atoms with Gasteiger partial charge in [-0.1, -0.05) is 6.08 Å². The molecule has 0 radical (unpaired) electrons. The van der Waals surface area contributed by atoms with E-state index in [1.54, 1.807) is 0 Å². The Bertz CT molecular complexity index is 342. The smallest absolute Gasteiger partial charge is 0.249 e. The summed E-state index contributed by atoms with van der Waals surface area (Å²) >= 11 is 0. The van der Waals surface area contributed by atoms with Crippen LogP contribution in [0, 0.1) is 0 Å². The molecule has 0 aliphatic heterocycles. The number of nitrogens with one attached hydrogen (secondary N) is 2. The minimum atomic E-state index is -3.53. The van der Waals surface area contributed by atoms with Crippen molar-refractivity contribution in [1.82, 2.24) is 19.9 Å². The van der Waals surface area contributed by atoms with Crippen LogP contribution >= 0.6 is 0 Å². The third kappa shape index (κ3) is 1.89. The third-order valence-electron chi connectivity index (χ3n) is 1.07. The van der Waals surface area contributed by atoms with Gasteiger partial charge in [0.15, 0.2) is 0 Å². The molecule has 0 saturated carbocycles. The molecule has 0 unspecified atom stereocenters.